The number of nitrogens with zero attached hydrogens (tertiary/aromatic N) is 5. The third-order valence-corrected chi connectivity index (χ3v) is 5.70. The van der Waals surface area contributed by atoms with Crippen molar-refractivity contribution in [3.8, 4) is 0 Å². The summed E-state index contributed by atoms with van der Waals surface area (Å²) in [5.41, 5.74) is 1.79. The number of hydrogen-bond donors (Lipinski definition) is 1. The number of amides is 1. The summed E-state index contributed by atoms with van der Waals surface area (Å²) < 4.78 is 41.2. The van der Waals surface area contributed by atoms with Crippen LogP contribution in [0.4, 0.5) is 13.2 Å². The zero-order valence-corrected chi connectivity index (χ0v) is 16.6. The van der Waals surface area contributed by atoms with Crippen molar-refractivity contribution in [2.75, 3.05) is 13.1 Å². The molecule has 0 radical (unpaired) electrons. The SMILES string of the molecule is Cc1ccc2cc(C(=O)N3CCCC(c4cc(C(F)(F)F)n5ncnc5n4)C3)[nH]c2c1. The lowest BCUT2D eigenvalue weighted by molar-refractivity contribution is -0.142. The average molecular weight is 428 g/mol. The number of carbonyl (C=O) groups excluding carboxylic acids is 1. The molecule has 10 heteroatoms. The first-order chi connectivity index (χ1) is 14.8. The van der Waals surface area contributed by atoms with E-state index in [0.717, 1.165) is 28.9 Å². The first-order valence-electron chi connectivity index (χ1n) is 9.96. The topological polar surface area (TPSA) is 79.2 Å². The number of aromatic amines is 1. The molecule has 1 fully saturated rings. The van der Waals surface area contributed by atoms with Gasteiger partial charge in [-0.15, -0.1) is 0 Å². The summed E-state index contributed by atoms with van der Waals surface area (Å²) in [5.74, 6) is -0.579. The molecule has 1 aromatic carbocycles. The van der Waals surface area contributed by atoms with Crippen LogP contribution in [-0.2, 0) is 6.18 Å². The molecule has 0 aliphatic carbocycles. The minimum absolute atomic E-state index is 0.0979. The molecule has 4 heterocycles. The van der Waals surface area contributed by atoms with E-state index < -0.39 is 11.9 Å². The third-order valence-electron chi connectivity index (χ3n) is 5.70. The summed E-state index contributed by atoms with van der Waals surface area (Å²) in [5, 5.41) is 4.58. The Hall–Kier alpha value is -3.43. The van der Waals surface area contributed by atoms with E-state index in [1.807, 2.05) is 31.2 Å². The number of rotatable bonds is 2. The molecule has 3 aromatic heterocycles. The number of H-pyrrole nitrogens is 1. The second-order valence-electron chi connectivity index (χ2n) is 7.90. The van der Waals surface area contributed by atoms with E-state index in [-0.39, 0.29) is 23.3 Å². The Morgan fingerprint density at radius 2 is 2.06 bits per heavy atom. The van der Waals surface area contributed by atoms with Crippen molar-refractivity contribution in [1.29, 1.82) is 0 Å². The zero-order valence-electron chi connectivity index (χ0n) is 16.6. The molecule has 1 N–H and O–H groups in total. The van der Waals surface area contributed by atoms with Gasteiger partial charge < -0.3 is 9.88 Å². The Morgan fingerprint density at radius 1 is 1.23 bits per heavy atom. The lowest BCUT2D eigenvalue weighted by Gasteiger charge is -2.32. The number of fused-ring (bicyclic) bond motifs is 2. The standard InChI is InChI=1S/C21H19F3N6O/c1-12-4-5-13-8-17(27-15(13)7-12)19(31)29-6-2-3-14(10-29)16-9-18(21(22,23)24)30-20(28-16)25-11-26-30/h4-5,7-9,11,14,27H,2-3,6,10H2,1H3. The highest BCUT2D eigenvalue weighted by molar-refractivity contribution is 5.98. The fraction of sp³-hybridized carbons (Fsp3) is 0.333. The van der Waals surface area contributed by atoms with Crippen LogP contribution < -0.4 is 0 Å². The van der Waals surface area contributed by atoms with Crippen LogP contribution in [0.15, 0.2) is 36.7 Å². The van der Waals surface area contributed by atoms with Crippen molar-refractivity contribution in [2.24, 2.45) is 0 Å². The first-order valence-corrected chi connectivity index (χ1v) is 9.96. The van der Waals surface area contributed by atoms with Gasteiger partial charge in [-0.05, 0) is 43.5 Å². The molecule has 5 rings (SSSR count). The largest absolute Gasteiger partial charge is 0.433 e. The maximum absolute atomic E-state index is 13.5. The third kappa shape index (κ3) is 3.51. The fourth-order valence-electron chi connectivity index (χ4n) is 4.17. The number of aryl methyl sites for hydroxylation is 1. The summed E-state index contributed by atoms with van der Waals surface area (Å²) in [6, 6.07) is 8.73. The Kier molecular flexibility index (Phi) is 4.45. The Labute approximate surface area is 174 Å². The van der Waals surface area contributed by atoms with Crippen molar-refractivity contribution < 1.29 is 18.0 Å². The molecule has 160 valence electrons. The van der Waals surface area contributed by atoms with E-state index in [9.17, 15) is 18.0 Å². The summed E-state index contributed by atoms with van der Waals surface area (Å²) in [7, 11) is 0. The molecule has 1 saturated heterocycles. The Morgan fingerprint density at radius 3 is 2.87 bits per heavy atom. The lowest BCUT2D eigenvalue weighted by atomic mass is 9.94. The number of carbonyl (C=O) groups is 1. The number of nitrogens with one attached hydrogen (secondary N) is 1. The van der Waals surface area contributed by atoms with Crippen molar-refractivity contribution >= 4 is 22.6 Å². The zero-order chi connectivity index (χ0) is 21.8. The molecule has 1 aliphatic rings. The van der Waals surface area contributed by atoms with Crippen molar-refractivity contribution in [2.45, 2.75) is 31.9 Å². The van der Waals surface area contributed by atoms with E-state index in [1.165, 1.54) is 0 Å². The molecule has 0 spiro atoms. The molecule has 0 saturated carbocycles. The molecule has 1 atom stereocenters. The molecule has 1 unspecified atom stereocenters. The molecule has 31 heavy (non-hydrogen) atoms. The van der Waals surface area contributed by atoms with Crippen LogP contribution in [0.2, 0.25) is 0 Å². The molecular formula is C21H19F3N6O. The minimum atomic E-state index is -4.59. The van der Waals surface area contributed by atoms with Gasteiger partial charge in [0, 0.05) is 29.9 Å². The summed E-state index contributed by atoms with van der Waals surface area (Å²) in [4.78, 5) is 26.1. The van der Waals surface area contributed by atoms with Crippen LogP contribution in [-0.4, -0.2) is 48.5 Å². The summed E-state index contributed by atoms with van der Waals surface area (Å²) in [6.07, 6.45) is -2.22. The van der Waals surface area contributed by atoms with Gasteiger partial charge >= 0.3 is 6.18 Å². The molecule has 1 aliphatic heterocycles. The number of alkyl halides is 3. The smallest absolute Gasteiger partial charge is 0.351 e. The molecular weight excluding hydrogens is 409 g/mol. The van der Waals surface area contributed by atoms with Crippen molar-refractivity contribution in [1.82, 2.24) is 29.5 Å². The molecule has 0 bridgehead atoms. The van der Waals surface area contributed by atoms with Gasteiger partial charge in [-0.2, -0.15) is 27.8 Å². The molecule has 1 amide bonds. The molecule has 7 nitrogen and oxygen atoms in total. The maximum atomic E-state index is 13.5. The van der Waals surface area contributed by atoms with E-state index >= 15 is 0 Å². The van der Waals surface area contributed by atoms with Gasteiger partial charge in [-0.1, -0.05) is 12.1 Å². The maximum Gasteiger partial charge on any atom is 0.433 e. The number of likely N-dealkylation sites (tertiary alicyclic amines) is 1. The van der Waals surface area contributed by atoms with Gasteiger partial charge in [0.2, 0.25) is 0 Å². The van der Waals surface area contributed by atoms with E-state index in [2.05, 4.69) is 20.1 Å². The predicted molar refractivity (Wildman–Crippen MR) is 107 cm³/mol. The number of benzene rings is 1. The monoisotopic (exact) mass is 428 g/mol. The van der Waals surface area contributed by atoms with Crippen LogP contribution in [0, 0.1) is 6.92 Å². The van der Waals surface area contributed by atoms with E-state index in [4.69, 9.17) is 0 Å². The Balaban J connectivity index is 1.44. The molecule has 4 aromatic rings. The first kappa shape index (κ1) is 19.5. The van der Waals surface area contributed by atoms with Gasteiger partial charge in [0.25, 0.3) is 11.7 Å². The van der Waals surface area contributed by atoms with Crippen molar-refractivity contribution in [3.05, 3.63) is 59.3 Å². The highest BCUT2D eigenvalue weighted by Gasteiger charge is 2.36. The second-order valence-corrected chi connectivity index (χ2v) is 7.90. The average Bonchev–Trinajstić information content (AvgIpc) is 3.38. The fourth-order valence-corrected chi connectivity index (χ4v) is 4.17. The number of hydrogen-bond acceptors (Lipinski definition) is 4. The van der Waals surface area contributed by atoms with Gasteiger partial charge in [0.15, 0.2) is 5.69 Å². The lowest BCUT2D eigenvalue weighted by Crippen LogP contribution is -2.39. The number of halogens is 3. The van der Waals surface area contributed by atoms with E-state index in [1.54, 1.807) is 4.90 Å². The van der Waals surface area contributed by atoms with Crippen LogP contribution >= 0.6 is 0 Å². The van der Waals surface area contributed by atoms with Crippen LogP contribution in [0.25, 0.3) is 16.7 Å². The normalized spacial score (nSPS) is 17.5. The number of piperidine rings is 1. The highest BCUT2D eigenvalue weighted by Crippen LogP contribution is 2.33. The van der Waals surface area contributed by atoms with Crippen LogP contribution in [0.5, 0.6) is 0 Å². The van der Waals surface area contributed by atoms with Gasteiger partial charge in [-0.25, -0.2) is 4.98 Å². The summed E-state index contributed by atoms with van der Waals surface area (Å²) >= 11 is 0. The highest BCUT2D eigenvalue weighted by atomic mass is 19.4. The van der Waals surface area contributed by atoms with Crippen LogP contribution in [0.1, 0.15) is 46.2 Å². The van der Waals surface area contributed by atoms with Crippen molar-refractivity contribution in [3.63, 3.8) is 0 Å². The predicted octanol–water partition coefficient (Wildman–Crippen LogP) is 3.95. The van der Waals surface area contributed by atoms with Gasteiger partial charge in [-0.3, -0.25) is 4.79 Å². The quantitative estimate of drug-likeness (QED) is 0.524. The Bertz CT molecular complexity index is 1290. The second kappa shape index (κ2) is 7.07. The van der Waals surface area contributed by atoms with E-state index in [0.29, 0.717) is 36.1 Å². The van der Waals surface area contributed by atoms with Gasteiger partial charge in [0.1, 0.15) is 12.0 Å². The summed E-state index contributed by atoms with van der Waals surface area (Å²) in [6.45, 7) is 2.82. The van der Waals surface area contributed by atoms with Crippen LogP contribution in [0.3, 0.4) is 0 Å². The van der Waals surface area contributed by atoms with Gasteiger partial charge in [0.05, 0.1) is 5.69 Å². The number of aromatic nitrogens is 5. The minimum Gasteiger partial charge on any atom is -0.351 e.